The number of nitrogens with zero attached hydrogens (tertiary/aromatic N) is 4. The Morgan fingerprint density at radius 2 is 2.33 bits per heavy atom. The molecule has 2 heterocycles. The van der Waals surface area contributed by atoms with Crippen LogP contribution >= 0.6 is 23.1 Å². The van der Waals surface area contributed by atoms with Crippen molar-refractivity contribution in [2.45, 2.75) is 13.7 Å². The van der Waals surface area contributed by atoms with E-state index in [1.54, 1.807) is 0 Å². The van der Waals surface area contributed by atoms with Crippen molar-refractivity contribution >= 4 is 32.9 Å². The molecule has 0 aliphatic rings. The quantitative estimate of drug-likeness (QED) is 0.844. The van der Waals surface area contributed by atoms with Crippen molar-refractivity contribution in [1.29, 1.82) is 0 Å². The first-order chi connectivity index (χ1) is 7.05. The first-order valence-corrected chi connectivity index (χ1v) is 7.15. The molecule has 2 aromatic heterocycles. The van der Waals surface area contributed by atoms with Crippen molar-refractivity contribution in [2.75, 3.05) is 6.26 Å². The summed E-state index contributed by atoms with van der Waals surface area (Å²) in [5.41, 5.74) is 0. The summed E-state index contributed by atoms with van der Waals surface area (Å²) in [7, 11) is -3.18. The molecule has 1 N–H and O–H groups in total. The van der Waals surface area contributed by atoms with Gasteiger partial charge in [-0.25, -0.2) is 18.5 Å². The van der Waals surface area contributed by atoms with E-state index in [1.807, 2.05) is 0 Å². The molecule has 0 aliphatic heterocycles. The zero-order valence-electron chi connectivity index (χ0n) is 7.41. The van der Waals surface area contributed by atoms with Crippen LogP contribution in [0.5, 0.6) is 0 Å². The average Bonchev–Trinajstić information content (AvgIpc) is 2.73. The minimum Gasteiger partial charge on any atom is -0.236 e. The second-order valence-corrected chi connectivity index (χ2v) is 7.03. The Morgan fingerprint density at radius 1 is 1.53 bits per heavy atom. The van der Waals surface area contributed by atoms with E-state index in [4.69, 9.17) is 0 Å². The van der Waals surface area contributed by atoms with Gasteiger partial charge in [0.15, 0.2) is 14.2 Å². The normalized spacial score (nSPS) is 11.8. The van der Waals surface area contributed by atoms with Crippen LogP contribution < -0.4 is 0 Å². The fourth-order valence-corrected chi connectivity index (χ4v) is 3.47. The van der Waals surface area contributed by atoms with Crippen molar-refractivity contribution in [2.24, 2.45) is 0 Å². The zero-order chi connectivity index (χ0) is 10.9. The molecule has 0 saturated heterocycles. The topological polar surface area (TPSA) is 101 Å². The lowest BCUT2D eigenvalue weighted by Gasteiger charge is -1.88. The summed E-state index contributed by atoms with van der Waals surface area (Å²) in [6.07, 6.45) is 2.47. The number of hydrogen-bond donors (Lipinski definition) is 1. The Balaban J connectivity index is 2.22. The molecule has 2 aromatic rings. The van der Waals surface area contributed by atoms with Gasteiger partial charge in [-0.15, -0.1) is 5.10 Å². The van der Waals surface area contributed by atoms with Gasteiger partial charge in [0.1, 0.15) is 4.21 Å². The number of thiazole rings is 1. The number of sulfone groups is 1. The minimum absolute atomic E-state index is 0.234. The number of aromatic amines is 1. The molecule has 80 valence electrons. The van der Waals surface area contributed by atoms with Crippen LogP contribution in [0.1, 0.15) is 0 Å². The maximum atomic E-state index is 11.2. The number of H-pyrrole nitrogens is 1. The SMILES string of the molecule is CS(=O)(=O)c1cnc(Sc2nnn[nH]2)s1. The molecule has 0 saturated carbocycles. The number of tetrazole rings is 1. The minimum atomic E-state index is -3.18. The second kappa shape index (κ2) is 3.87. The van der Waals surface area contributed by atoms with Gasteiger partial charge in [0.2, 0.25) is 5.16 Å². The lowest BCUT2D eigenvalue weighted by atomic mass is 11.0. The van der Waals surface area contributed by atoms with E-state index >= 15 is 0 Å². The third kappa shape index (κ3) is 2.52. The molecule has 0 atom stereocenters. The van der Waals surface area contributed by atoms with E-state index in [-0.39, 0.29) is 4.21 Å². The Kier molecular flexibility index (Phi) is 2.71. The van der Waals surface area contributed by atoms with Crippen LogP contribution in [0.4, 0.5) is 0 Å². The molecule has 0 bridgehead atoms. The molecule has 2 rings (SSSR count). The van der Waals surface area contributed by atoms with Crippen LogP contribution in [0.3, 0.4) is 0 Å². The van der Waals surface area contributed by atoms with Crippen LogP contribution in [0.25, 0.3) is 0 Å². The van der Waals surface area contributed by atoms with Gasteiger partial charge in [0.05, 0.1) is 6.20 Å². The van der Waals surface area contributed by atoms with Gasteiger partial charge in [-0.2, -0.15) is 0 Å². The number of rotatable bonds is 3. The van der Waals surface area contributed by atoms with Gasteiger partial charge in [0.25, 0.3) is 0 Å². The third-order valence-electron chi connectivity index (χ3n) is 1.34. The summed E-state index contributed by atoms with van der Waals surface area (Å²) in [4.78, 5) is 3.94. The van der Waals surface area contributed by atoms with E-state index in [9.17, 15) is 8.42 Å². The van der Waals surface area contributed by atoms with E-state index in [1.165, 1.54) is 18.0 Å². The third-order valence-corrected chi connectivity index (χ3v) is 5.07. The first kappa shape index (κ1) is 10.5. The average molecular weight is 263 g/mol. The van der Waals surface area contributed by atoms with E-state index in [0.29, 0.717) is 9.50 Å². The highest BCUT2D eigenvalue weighted by Gasteiger charge is 2.13. The van der Waals surface area contributed by atoms with Crippen molar-refractivity contribution in [3.63, 3.8) is 0 Å². The van der Waals surface area contributed by atoms with Crippen molar-refractivity contribution in [3.8, 4) is 0 Å². The summed E-state index contributed by atoms with van der Waals surface area (Å²) in [5, 5.41) is 13.4. The lowest BCUT2D eigenvalue weighted by molar-refractivity contribution is 0.603. The van der Waals surface area contributed by atoms with Crippen LogP contribution in [0.2, 0.25) is 0 Å². The fraction of sp³-hybridized carbons (Fsp3) is 0.200. The predicted octanol–water partition coefficient (Wildman–Crippen LogP) is 0.211. The molecule has 0 amide bonds. The fourth-order valence-electron chi connectivity index (χ4n) is 0.739. The van der Waals surface area contributed by atoms with Crippen LogP contribution in [-0.4, -0.2) is 40.3 Å². The summed E-state index contributed by atoms with van der Waals surface area (Å²) < 4.78 is 23.1. The van der Waals surface area contributed by atoms with E-state index < -0.39 is 9.84 Å². The zero-order valence-corrected chi connectivity index (χ0v) is 9.86. The first-order valence-electron chi connectivity index (χ1n) is 3.63. The van der Waals surface area contributed by atoms with Gasteiger partial charge in [-0.3, -0.25) is 0 Å². The molecule has 0 unspecified atom stereocenters. The molecule has 0 fully saturated rings. The highest BCUT2D eigenvalue weighted by Crippen LogP contribution is 2.30. The van der Waals surface area contributed by atoms with Gasteiger partial charge >= 0.3 is 0 Å². The molecule has 0 aromatic carbocycles. The number of nitrogens with one attached hydrogen (secondary N) is 1. The monoisotopic (exact) mass is 263 g/mol. The molecule has 10 heteroatoms. The molecular formula is C5H5N5O2S3. The van der Waals surface area contributed by atoms with Gasteiger partial charge in [-0.05, 0) is 22.2 Å². The molecule has 0 radical (unpaired) electrons. The van der Waals surface area contributed by atoms with E-state index in [2.05, 4.69) is 25.6 Å². The second-order valence-electron chi connectivity index (χ2n) is 2.53. The molecular weight excluding hydrogens is 258 g/mol. The molecule has 7 nitrogen and oxygen atoms in total. The molecule has 15 heavy (non-hydrogen) atoms. The van der Waals surface area contributed by atoms with Gasteiger partial charge < -0.3 is 0 Å². The largest absolute Gasteiger partial charge is 0.236 e. The predicted molar refractivity (Wildman–Crippen MR) is 53.5 cm³/mol. The summed E-state index contributed by atoms with van der Waals surface area (Å²) in [6, 6.07) is 0. The van der Waals surface area contributed by atoms with Crippen molar-refractivity contribution in [1.82, 2.24) is 25.6 Å². The van der Waals surface area contributed by atoms with Crippen molar-refractivity contribution < 1.29 is 8.42 Å². The maximum absolute atomic E-state index is 11.2. The lowest BCUT2D eigenvalue weighted by Crippen LogP contribution is -1.91. The Bertz CT molecular complexity index is 545. The van der Waals surface area contributed by atoms with Gasteiger partial charge in [-0.1, -0.05) is 11.3 Å². The highest BCUT2D eigenvalue weighted by atomic mass is 32.2. The van der Waals surface area contributed by atoms with Crippen molar-refractivity contribution in [3.05, 3.63) is 6.20 Å². The van der Waals surface area contributed by atoms with Crippen LogP contribution in [-0.2, 0) is 9.84 Å². The summed E-state index contributed by atoms with van der Waals surface area (Å²) in [6.45, 7) is 0. The van der Waals surface area contributed by atoms with E-state index in [0.717, 1.165) is 17.6 Å². The van der Waals surface area contributed by atoms with Crippen LogP contribution in [0, 0.1) is 0 Å². The number of aromatic nitrogens is 5. The standard InChI is InChI=1S/C5H5N5O2S3/c1-15(11,12)3-2-6-5(13-3)14-4-7-9-10-8-4/h2H,1H3,(H,7,8,9,10). The molecule has 0 spiro atoms. The Hall–Kier alpha value is -1.00. The van der Waals surface area contributed by atoms with Crippen LogP contribution in [0.15, 0.2) is 19.9 Å². The Morgan fingerprint density at radius 3 is 2.87 bits per heavy atom. The van der Waals surface area contributed by atoms with Gasteiger partial charge in [0, 0.05) is 6.26 Å². The summed E-state index contributed by atoms with van der Waals surface area (Å²) in [5.74, 6) is 0. The smallest absolute Gasteiger partial charge is 0.213 e. The number of hydrogen-bond acceptors (Lipinski definition) is 8. The highest BCUT2D eigenvalue weighted by molar-refractivity contribution is 8.01. The summed E-state index contributed by atoms with van der Waals surface area (Å²) >= 11 is 2.27. The maximum Gasteiger partial charge on any atom is 0.213 e. The molecule has 0 aliphatic carbocycles. The Labute approximate surface area is 93.2 Å².